The maximum absolute atomic E-state index is 11.6. The Kier molecular flexibility index (Phi) is 4.09. The molecule has 1 atom stereocenters. The molecular formula is C8H14N2O3S2. The van der Waals surface area contributed by atoms with Gasteiger partial charge in [0.05, 0.1) is 6.10 Å². The van der Waals surface area contributed by atoms with Crippen LogP contribution < -0.4 is 10.5 Å². The van der Waals surface area contributed by atoms with Gasteiger partial charge >= 0.3 is 0 Å². The van der Waals surface area contributed by atoms with E-state index < -0.39 is 16.1 Å². The SMILES string of the molecule is CCC(O)CNS(=O)(=O)c1cc(N)cs1. The summed E-state index contributed by atoms with van der Waals surface area (Å²) >= 11 is 1.06. The van der Waals surface area contributed by atoms with E-state index in [1.165, 1.54) is 6.07 Å². The van der Waals surface area contributed by atoms with E-state index in [-0.39, 0.29) is 10.8 Å². The van der Waals surface area contributed by atoms with Crippen molar-refractivity contribution in [2.24, 2.45) is 0 Å². The summed E-state index contributed by atoms with van der Waals surface area (Å²) in [5, 5.41) is 10.8. The molecule has 86 valence electrons. The van der Waals surface area contributed by atoms with Crippen LogP contribution in [-0.2, 0) is 10.0 Å². The Bertz CT molecular complexity index is 413. The number of anilines is 1. The molecule has 0 spiro atoms. The number of sulfonamides is 1. The Morgan fingerprint density at radius 3 is 2.80 bits per heavy atom. The Morgan fingerprint density at radius 1 is 1.67 bits per heavy atom. The summed E-state index contributed by atoms with van der Waals surface area (Å²) in [4.78, 5) is 0. The number of aliphatic hydroxyl groups is 1. The van der Waals surface area contributed by atoms with Crippen molar-refractivity contribution in [3.63, 3.8) is 0 Å². The van der Waals surface area contributed by atoms with E-state index in [2.05, 4.69) is 4.72 Å². The van der Waals surface area contributed by atoms with Gasteiger partial charge in [-0.15, -0.1) is 11.3 Å². The predicted molar refractivity (Wildman–Crippen MR) is 60.2 cm³/mol. The van der Waals surface area contributed by atoms with E-state index in [0.29, 0.717) is 12.1 Å². The largest absolute Gasteiger partial charge is 0.398 e. The topological polar surface area (TPSA) is 92.4 Å². The van der Waals surface area contributed by atoms with Crippen LogP contribution in [0.3, 0.4) is 0 Å². The van der Waals surface area contributed by atoms with Crippen LogP contribution in [-0.4, -0.2) is 26.2 Å². The first-order valence-electron chi connectivity index (χ1n) is 4.47. The van der Waals surface area contributed by atoms with Crippen molar-refractivity contribution in [1.29, 1.82) is 0 Å². The van der Waals surface area contributed by atoms with Gasteiger partial charge in [0.15, 0.2) is 0 Å². The second-order valence-electron chi connectivity index (χ2n) is 3.11. The number of rotatable bonds is 5. The summed E-state index contributed by atoms with van der Waals surface area (Å²) in [5.41, 5.74) is 5.85. The quantitative estimate of drug-likeness (QED) is 0.704. The van der Waals surface area contributed by atoms with Gasteiger partial charge in [0, 0.05) is 17.6 Å². The van der Waals surface area contributed by atoms with Crippen LogP contribution in [0.5, 0.6) is 0 Å². The van der Waals surface area contributed by atoms with Crippen LogP contribution >= 0.6 is 11.3 Å². The van der Waals surface area contributed by atoms with Crippen molar-refractivity contribution in [1.82, 2.24) is 4.72 Å². The minimum atomic E-state index is -3.52. The standard InChI is InChI=1S/C8H14N2O3S2/c1-2-7(11)4-10-15(12,13)8-3-6(9)5-14-8/h3,5,7,10-11H,2,4,9H2,1H3. The highest BCUT2D eigenvalue weighted by molar-refractivity contribution is 7.91. The number of thiophene rings is 1. The summed E-state index contributed by atoms with van der Waals surface area (Å²) in [6.07, 6.45) is -0.146. The molecule has 0 radical (unpaired) electrons. The van der Waals surface area contributed by atoms with Crippen molar-refractivity contribution in [3.8, 4) is 0 Å². The summed E-state index contributed by atoms with van der Waals surface area (Å²) in [6, 6.07) is 1.39. The van der Waals surface area contributed by atoms with Gasteiger partial charge in [-0.1, -0.05) is 6.92 Å². The molecule has 1 aromatic rings. The molecule has 0 saturated heterocycles. The monoisotopic (exact) mass is 250 g/mol. The smallest absolute Gasteiger partial charge is 0.250 e. The molecule has 0 aromatic carbocycles. The van der Waals surface area contributed by atoms with Crippen LogP contribution in [0.4, 0.5) is 5.69 Å². The number of nitrogens with one attached hydrogen (secondary N) is 1. The molecule has 0 fully saturated rings. The molecule has 1 heterocycles. The number of aliphatic hydroxyl groups excluding tert-OH is 1. The fourth-order valence-electron chi connectivity index (χ4n) is 0.893. The molecule has 0 saturated carbocycles. The average Bonchev–Trinajstić information content (AvgIpc) is 2.62. The molecule has 4 N–H and O–H groups in total. The molecule has 7 heteroatoms. The van der Waals surface area contributed by atoms with E-state index in [4.69, 9.17) is 5.73 Å². The average molecular weight is 250 g/mol. The highest BCUT2D eigenvalue weighted by Gasteiger charge is 2.16. The van der Waals surface area contributed by atoms with Gasteiger partial charge in [-0.05, 0) is 12.5 Å². The van der Waals surface area contributed by atoms with Crippen molar-refractivity contribution in [2.75, 3.05) is 12.3 Å². The summed E-state index contributed by atoms with van der Waals surface area (Å²) in [5.74, 6) is 0. The zero-order valence-corrected chi connectivity index (χ0v) is 9.94. The summed E-state index contributed by atoms with van der Waals surface area (Å²) in [7, 11) is -3.52. The van der Waals surface area contributed by atoms with Crippen molar-refractivity contribution >= 4 is 27.0 Å². The van der Waals surface area contributed by atoms with Crippen molar-refractivity contribution in [3.05, 3.63) is 11.4 Å². The zero-order valence-electron chi connectivity index (χ0n) is 8.30. The van der Waals surface area contributed by atoms with Gasteiger partial charge < -0.3 is 10.8 Å². The molecule has 0 bridgehead atoms. The van der Waals surface area contributed by atoms with Gasteiger partial charge in [-0.2, -0.15) is 0 Å². The third-order valence-corrected chi connectivity index (χ3v) is 4.72. The Morgan fingerprint density at radius 2 is 2.33 bits per heavy atom. The zero-order chi connectivity index (χ0) is 11.5. The highest BCUT2D eigenvalue weighted by atomic mass is 32.2. The summed E-state index contributed by atoms with van der Waals surface area (Å²) < 4.78 is 25.7. The van der Waals surface area contributed by atoms with Gasteiger partial charge in [0.25, 0.3) is 0 Å². The molecule has 0 amide bonds. The van der Waals surface area contributed by atoms with Crippen molar-refractivity contribution in [2.45, 2.75) is 23.7 Å². The second kappa shape index (κ2) is 4.93. The fraction of sp³-hybridized carbons (Fsp3) is 0.500. The van der Waals surface area contributed by atoms with Gasteiger partial charge in [0.2, 0.25) is 10.0 Å². The van der Waals surface area contributed by atoms with Gasteiger partial charge in [0.1, 0.15) is 4.21 Å². The number of hydrogen-bond acceptors (Lipinski definition) is 5. The first-order chi connectivity index (χ1) is 6.95. The number of nitrogens with two attached hydrogens (primary N) is 1. The maximum atomic E-state index is 11.6. The third kappa shape index (κ3) is 3.45. The first-order valence-corrected chi connectivity index (χ1v) is 6.83. The molecule has 5 nitrogen and oxygen atoms in total. The third-order valence-electron chi connectivity index (χ3n) is 1.84. The Hall–Kier alpha value is -0.630. The van der Waals surface area contributed by atoms with E-state index in [0.717, 1.165) is 11.3 Å². The lowest BCUT2D eigenvalue weighted by Gasteiger charge is -2.08. The lowest BCUT2D eigenvalue weighted by molar-refractivity contribution is 0.174. The number of nitrogen functional groups attached to an aromatic ring is 1. The normalized spacial score (nSPS) is 14.0. The molecule has 15 heavy (non-hydrogen) atoms. The molecule has 0 aliphatic heterocycles. The highest BCUT2D eigenvalue weighted by Crippen LogP contribution is 2.21. The van der Waals surface area contributed by atoms with Crippen molar-refractivity contribution < 1.29 is 13.5 Å². The van der Waals surface area contributed by atoms with Crippen LogP contribution in [0.15, 0.2) is 15.7 Å². The predicted octanol–water partition coefficient (Wildman–Crippen LogP) is 0.379. The van der Waals surface area contributed by atoms with Crippen LogP contribution in [0.25, 0.3) is 0 Å². The van der Waals surface area contributed by atoms with E-state index in [1.54, 1.807) is 12.3 Å². The van der Waals surface area contributed by atoms with Gasteiger partial charge in [-0.3, -0.25) is 0 Å². The first kappa shape index (κ1) is 12.4. The Balaban J connectivity index is 2.68. The van der Waals surface area contributed by atoms with Crippen LogP contribution in [0.1, 0.15) is 13.3 Å². The molecule has 1 rings (SSSR count). The Labute approximate surface area is 93.0 Å². The van der Waals surface area contributed by atoms with Crippen LogP contribution in [0, 0.1) is 0 Å². The fourth-order valence-corrected chi connectivity index (χ4v) is 3.09. The molecule has 0 aliphatic carbocycles. The lowest BCUT2D eigenvalue weighted by Crippen LogP contribution is -2.31. The van der Waals surface area contributed by atoms with E-state index >= 15 is 0 Å². The van der Waals surface area contributed by atoms with Gasteiger partial charge in [-0.25, -0.2) is 13.1 Å². The molecule has 1 aromatic heterocycles. The van der Waals surface area contributed by atoms with E-state index in [9.17, 15) is 13.5 Å². The van der Waals surface area contributed by atoms with Crippen LogP contribution in [0.2, 0.25) is 0 Å². The summed E-state index contributed by atoms with van der Waals surface area (Å²) in [6.45, 7) is 1.80. The minimum Gasteiger partial charge on any atom is -0.398 e. The molecular weight excluding hydrogens is 236 g/mol. The minimum absolute atomic E-state index is 0.0244. The number of hydrogen-bond donors (Lipinski definition) is 3. The second-order valence-corrected chi connectivity index (χ2v) is 6.02. The lowest BCUT2D eigenvalue weighted by atomic mass is 10.3. The maximum Gasteiger partial charge on any atom is 0.250 e. The molecule has 0 aliphatic rings. The molecule has 1 unspecified atom stereocenters. The van der Waals surface area contributed by atoms with E-state index in [1.807, 2.05) is 0 Å².